The molecule has 1 N–H and O–H groups in total. The molecule has 0 fully saturated rings. The first-order valence-corrected chi connectivity index (χ1v) is 6.35. The highest BCUT2D eigenvalue weighted by Crippen LogP contribution is 2.32. The standard InChI is InChI=1S/C13H15N3S/c1-5-6-8(2)16-12-11-9(3)10(4)17-13(11)15-7-14-12/h1,7-8H,6H2,2-4H3,(H,14,15,16). The van der Waals surface area contributed by atoms with E-state index in [-0.39, 0.29) is 6.04 Å². The van der Waals surface area contributed by atoms with Gasteiger partial charge >= 0.3 is 0 Å². The van der Waals surface area contributed by atoms with Crippen molar-refractivity contribution in [3.8, 4) is 12.3 Å². The fourth-order valence-corrected chi connectivity index (χ4v) is 2.75. The Bertz CT molecular complexity index is 580. The lowest BCUT2D eigenvalue weighted by molar-refractivity contribution is 0.823. The minimum Gasteiger partial charge on any atom is -0.366 e. The van der Waals surface area contributed by atoms with Crippen LogP contribution in [0.3, 0.4) is 0 Å². The van der Waals surface area contributed by atoms with Gasteiger partial charge in [0.15, 0.2) is 0 Å². The van der Waals surface area contributed by atoms with Gasteiger partial charge in [0.2, 0.25) is 0 Å². The molecule has 0 bridgehead atoms. The highest BCUT2D eigenvalue weighted by Gasteiger charge is 2.12. The molecule has 1 atom stereocenters. The summed E-state index contributed by atoms with van der Waals surface area (Å²) in [6.45, 7) is 6.27. The van der Waals surface area contributed by atoms with Crippen molar-refractivity contribution in [2.75, 3.05) is 5.32 Å². The van der Waals surface area contributed by atoms with Crippen LogP contribution in [0, 0.1) is 26.2 Å². The number of terminal acetylenes is 1. The Morgan fingerprint density at radius 3 is 2.94 bits per heavy atom. The second kappa shape index (κ2) is 4.72. The molecule has 1 unspecified atom stereocenters. The summed E-state index contributed by atoms with van der Waals surface area (Å²) < 4.78 is 0. The number of aromatic nitrogens is 2. The molecule has 0 saturated heterocycles. The summed E-state index contributed by atoms with van der Waals surface area (Å²) in [4.78, 5) is 10.9. The van der Waals surface area contributed by atoms with E-state index in [0.29, 0.717) is 6.42 Å². The van der Waals surface area contributed by atoms with Gasteiger partial charge in [-0.05, 0) is 26.3 Å². The minimum atomic E-state index is 0.220. The molecule has 2 aromatic heterocycles. The van der Waals surface area contributed by atoms with Crippen molar-refractivity contribution in [3.05, 3.63) is 16.8 Å². The first-order valence-electron chi connectivity index (χ1n) is 5.54. The van der Waals surface area contributed by atoms with E-state index in [1.54, 1.807) is 17.7 Å². The van der Waals surface area contributed by atoms with Crippen LogP contribution in [-0.2, 0) is 0 Å². The van der Waals surface area contributed by atoms with Gasteiger partial charge < -0.3 is 5.32 Å². The van der Waals surface area contributed by atoms with Crippen LogP contribution in [0.25, 0.3) is 10.2 Å². The van der Waals surface area contributed by atoms with Crippen molar-refractivity contribution in [2.45, 2.75) is 33.2 Å². The topological polar surface area (TPSA) is 37.8 Å². The van der Waals surface area contributed by atoms with Crippen molar-refractivity contribution < 1.29 is 0 Å². The summed E-state index contributed by atoms with van der Waals surface area (Å²) in [5, 5.41) is 4.48. The zero-order chi connectivity index (χ0) is 12.4. The van der Waals surface area contributed by atoms with Crippen LogP contribution in [0.2, 0.25) is 0 Å². The lowest BCUT2D eigenvalue weighted by Gasteiger charge is -2.12. The summed E-state index contributed by atoms with van der Waals surface area (Å²) in [7, 11) is 0. The number of anilines is 1. The molecule has 0 saturated carbocycles. The summed E-state index contributed by atoms with van der Waals surface area (Å²) >= 11 is 1.70. The Labute approximate surface area is 105 Å². The SMILES string of the molecule is C#CCC(C)Nc1ncnc2sc(C)c(C)c12. The summed E-state index contributed by atoms with van der Waals surface area (Å²) in [6, 6.07) is 0.220. The zero-order valence-electron chi connectivity index (χ0n) is 10.2. The summed E-state index contributed by atoms with van der Waals surface area (Å²) in [6.07, 6.45) is 7.60. The quantitative estimate of drug-likeness (QED) is 0.844. The second-order valence-electron chi connectivity index (χ2n) is 4.14. The number of aryl methyl sites for hydroxylation is 2. The third kappa shape index (κ3) is 2.25. The first-order chi connectivity index (χ1) is 8.13. The maximum atomic E-state index is 5.31. The number of nitrogens with zero attached hydrogens (tertiary/aromatic N) is 2. The van der Waals surface area contributed by atoms with E-state index in [1.165, 1.54) is 10.4 Å². The van der Waals surface area contributed by atoms with Crippen molar-refractivity contribution in [1.82, 2.24) is 9.97 Å². The first kappa shape index (κ1) is 11.9. The van der Waals surface area contributed by atoms with E-state index in [9.17, 15) is 0 Å². The molecular weight excluding hydrogens is 230 g/mol. The van der Waals surface area contributed by atoms with Gasteiger partial charge in [0.05, 0.1) is 5.39 Å². The van der Waals surface area contributed by atoms with E-state index in [4.69, 9.17) is 6.42 Å². The number of fused-ring (bicyclic) bond motifs is 1. The highest BCUT2D eigenvalue weighted by molar-refractivity contribution is 7.18. The molecule has 2 rings (SSSR count). The Morgan fingerprint density at radius 1 is 1.47 bits per heavy atom. The maximum absolute atomic E-state index is 5.31. The smallest absolute Gasteiger partial charge is 0.138 e. The maximum Gasteiger partial charge on any atom is 0.138 e. The third-order valence-corrected chi connectivity index (χ3v) is 3.89. The Morgan fingerprint density at radius 2 is 2.24 bits per heavy atom. The molecule has 0 aliphatic heterocycles. The van der Waals surface area contributed by atoms with Gasteiger partial charge in [-0.1, -0.05) is 0 Å². The average Bonchev–Trinajstić information content (AvgIpc) is 2.56. The molecule has 88 valence electrons. The second-order valence-corrected chi connectivity index (χ2v) is 5.34. The van der Waals surface area contributed by atoms with E-state index in [2.05, 4.69) is 42.0 Å². The Balaban J connectivity index is 2.44. The number of hydrogen-bond acceptors (Lipinski definition) is 4. The van der Waals surface area contributed by atoms with Crippen molar-refractivity contribution in [3.63, 3.8) is 0 Å². The Hall–Kier alpha value is -1.60. The number of nitrogens with one attached hydrogen (secondary N) is 1. The van der Waals surface area contributed by atoms with Crippen LogP contribution >= 0.6 is 11.3 Å². The van der Waals surface area contributed by atoms with E-state index >= 15 is 0 Å². The van der Waals surface area contributed by atoms with Gasteiger partial charge in [-0.25, -0.2) is 9.97 Å². The molecule has 0 radical (unpaired) electrons. The van der Waals surface area contributed by atoms with Crippen LogP contribution in [-0.4, -0.2) is 16.0 Å². The van der Waals surface area contributed by atoms with Crippen LogP contribution in [0.5, 0.6) is 0 Å². The van der Waals surface area contributed by atoms with Gasteiger partial charge in [0.1, 0.15) is 17.0 Å². The molecule has 4 heteroatoms. The van der Waals surface area contributed by atoms with Crippen molar-refractivity contribution >= 4 is 27.4 Å². The minimum absolute atomic E-state index is 0.220. The Kier molecular flexibility index (Phi) is 3.30. The highest BCUT2D eigenvalue weighted by atomic mass is 32.1. The fourth-order valence-electron chi connectivity index (χ4n) is 1.75. The lowest BCUT2D eigenvalue weighted by Crippen LogP contribution is -2.15. The number of thiophene rings is 1. The molecule has 17 heavy (non-hydrogen) atoms. The number of hydrogen-bond donors (Lipinski definition) is 1. The summed E-state index contributed by atoms with van der Waals surface area (Å²) in [5.41, 5.74) is 1.25. The molecule has 0 spiro atoms. The molecule has 0 aliphatic carbocycles. The molecule has 3 nitrogen and oxygen atoms in total. The van der Waals surface area contributed by atoms with Crippen molar-refractivity contribution in [2.24, 2.45) is 0 Å². The van der Waals surface area contributed by atoms with Gasteiger partial charge in [0.25, 0.3) is 0 Å². The van der Waals surface area contributed by atoms with Crippen LogP contribution in [0.15, 0.2) is 6.33 Å². The molecule has 0 aromatic carbocycles. The molecule has 0 amide bonds. The number of rotatable bonds is 3. The third-order valence-electron chi connectivity index (χ3n) is 2.77. The predicted molar refractivity (Wildman–Crippen MR) is 73.4 cm³/mol. The lowest BCUT2D eigenvalue weighted by atomic mass is 10.2. The zero-order valence-corrected chi connectivity index (χ0v) is 11.1. The largest absolute Gasteiger partial charge is 0.366 e. The van der Waals surface area contributed by atoms with Gasteiger partial charge in [-0.15, -0.1) is 23.7 Å². The molecule has 2 heterocycles. The molecule has 0 aliphatic rings. The van der Waals surface area contributed by atoms with Crippen LogP contribution in [0.1, 0.15) is 23.8 Å². The normalized spacial score (nSPS) is 12.4. The molecule has 2 aromatic rings. The molecular formula is C13H15N3S. The van der Waals surface area contributed by atoms with Crippen LogP contribution in [0.4, 0.5) is 5.82 Å². The van der Waals surface area contributed by atoms with Gasteiger partial charge in [-0.2, -0.15) is 0 Å². The van der Waals surface area contributed by atoms with Crippen LogP contribution < -0.4 is 5.32 Å². The van der Waals surface area contributed by atoms with Gasteiger partial charge in [-0.3, -0.25) is 0 Å². The van der Waals surface area contributed by atoms with E-state index in [1.807, 2.05) is 0 Å². The van der Waals surface area contributed by atoms with Gasteiger partial charge in [0, 0.05) is 17.3 Å². The fraction of sp³-hybridized carbons (Fsp3) is 0.385. The van der Waals surface area contributed by atoms with E-state index in [0.717, 1.165) is 16.0 Å². The predicted octanol–water partition coefficient (Wildman–Crippen LogP) is 3.13. The summed E-state index contributed by atoms with van der Waals surface area (Å²) in [5.74, 6) is 3.54. The monoisotopic (exact) mass is 245 g/mol. The van der Waals surface area contributed by atoms with Crippen molar-refractivity contribution in [1.29, 1.82) is 0 Å². The average molecular weight is 245 g/mol. The van der Waals surface area contributed by atoms with E-state index < -0.39 is 0 Å².